The van der Waals surface area contributed by atoms with Gasteiger partial charge in [0.05, 0.1) is 6.54 Å². The molecule has 3 aliphatic heterocycles. The van der Waals surface area contributed by atoms with Gasteiger partial charge in [-0.1, -0.05) is 6.07 Å². The van der Waals surface area contributed by atoms with E-state index >= 15 is 0 Å². The van der Waals surface area contributed by atoms with E-state index < -0.39 is 6.04 Å². The van der Waals surface area contributed by atoms with E-state index in [1.54, 1.807) is 18.0 Å². The first-order valence-electron chi connectivity index (χ1n) is 9.92. The summed E-state index contributed by atoms with van der Waals surface area (Å²) in [6.45, 7) is 4.55. The van der Waals surface area contributed by atoms with Crippen LogP contribution in [0.3, 0.4) is 0 Å². The number of carbonyl (C=O) groups excluding carboxylic acids is 2. The fraction of sp³-hybridized carbons (Fsp3) is 0.429. The number of rotatable bonds is 3. The zero-order valence-corrected chi connectivity index (χ0v) is 16.4. The standard InChI is InChI=1S/C21H24N4O4/c1-22-17(13-25-6-2-3-16(25)20(22)26)21(27)24-9-7-23(8-10-24)12-15-4-5-18-19(11-15)29-14-28-18/h2-6,11,17H,7-10,12-14H2,1H3. The summed E-state index contributed by atoms with van der Waals surface area (Å²) >= 11 is 0. The molecule has 5 rings (SSSR count). The van der Waals surface area contributed by atoms with Crippen LogP contribution in [-0.4, -0.2) is 77.1 Å². The second kappa shape index (κ2) is 7.11. The minimum absolute atomic E-state index is 0.0305. The third-order valence-electron chi connectivity index (χ3n) is 6.02. The van der Waals surface area contributed by atoms with E-state index in [1.807, 2.05) is 33.9 Å². The molecular weight excluding hydrogens is 372 g/mol. The summed E-state index contributed by atoms with van der Waals surface area (Å²) < 4.78 is 12.7. The minimum Gasteiger partial charge on any atom is -0.454 e. The topological polar surface area (TPSA) is 67.3 Å². The van der Waals surface area contributed by atoms with Crippen molar-refractivity contribution >= 4 is 11.8 Å². The molecule has 1 aromatic heterocycles. The van der Waals surface area contributed by atoms with E-state index in [0.717, 1.165) is 31.1 Å². The van der Waals surface area contributed by atoms with Crippen molar-refractivity contribution in [1.29, 1.82) is 0 Å². The van der Waals surface area contributed by atoms with Crippen molar-refractivity contribution in [2.45, 2.75) is 19.1 Å². The van der Waals surface area contributed by atoms with Crippen LogP contribution in [0.15, 0.2) is 36.5 Å². The lowest BCUT2D eigenvalue weighted by Crippen LogP contribution is -2.57. The summed E-state index contributed by atoms with van der Waals surface area (Å²) in [6.07, 6.45) is 1.86. The molecule has 0 aliphatic carbocycles. The Kier molecular flexibility index (Phi) is 4.43. The molecule has 3 aliphatic rings. The molecule has 4 heterocycles. The van der Waals surface area contributed by atoms with Crippen molar-refractivity contribution < 1.29 is 19.1 Å². The maximum absolute atomic E-state index is 13.1. The predicted molar refractivity (Wildman–Crippen MR) is 105 cm³/mol. The molecule has 29 heavy (non-hydrogen) atoms. The second-order valence-electron chi connectivity index (χ2n) is 7.77. The van der Waals surface area contributed by atoms with Gasteiger partial charge in [0.15, 0.2) is 11.5 Å². The first-order chi connectivity index (χ1) is 14.1. The first kappa shape index (κ1) is 18.1. The quantitative estimate of drug-likeness (QED) is 0.775. The van der Waals surface area contributed by atoms with E-state index in [4.69, 9.17) is 9.47 Å². The van der Waals surface area contributed by atoms with Crippen molar-refractivity contribution in [1.82, 2.24) is 19.3 Å². The van der Waals surface area contributed by atoms with Crippen molar-refractivity contribution in [3.8, 4) is 11.5 Å². The molecule has 0 spiro atoms. The highest BCUT2D eigenvalue weighted by molar-refractivity contribution is 5.97. The first-order valence-corrected chi connectivity index (χ1v) is 9.92. The summed E-state index contributed by atoms with van der Waals surface area (Å²) in [5.74, 6) is 1.52. The molecule has 2 amide bonds. The molecule has 1 fully saturated rings. The number of likely N-dealkylation sites (N-methyl/N-ethyl adjacent to an activating group) is 1. The van der Waals surface area contributed by atoms with Crippen LogP contribution >= 0.6 is 0 Å². The molecule has 152 valence electrons. The van der Waals surface area contributed by atoms with Gasteiger partial charge in [-0.2, -0.15) is 0 Å². The van der Waals surface area contributed by atoms with Gasteiger partial charge >= 0.3 is 0 Å². The van der Waals surface area contributed by atoms with Gasteiger partial charge in [0.2, 0.25) is 12.7 Å². The average Bonchev–Trinajstić information content (AvgIpc) is 3.39. The van der Waals surface area contributed by atoms with Crippen LogP contribution in [0.5, 0.6) is 11.5 Å². The Hall–Kier alpha value is -3.00. The Balaban J connectivity index is 1.20. The van der Waals surface area contributed by atoms with Gasteiger partial charge < -0.3 is 23.8 Å². The number of hydrogen-bond acceptors (Lipinski definition) is 5. The molecule has 2 aromatic rings. The number of nitrogens with zero attached hydrogens (tertiary/aromatic N) is 4. The fourth-order valence-electron chi connectivity index (χ4n) is 4.28. The van der Waals surface area contributed by atoms with Crippen molar-refractivity contribution in [2.24, 2.45) is 0 Å². The van der Waals surface area contributed by atoms with Crippen LogP contribution in [0.4, 0.5) is 0 Å². The molecule has 1 atom stereocenters. The van der Waals surface area contributed by atoms with Crippen LogP contribution in [0.25, 0.3) is 0 Å². The number of hydrogen-bond donors (Lipinski definition) is 0. The number of fused-ring (bicyclic) bond motifs is 2. The molecule has 0 saturated carbocycles. The van der Waals surface area contributed by atoms with Gasteiger partial charge in [0.25, 0.3) is 5.91 Å². The van der Waals surface area contributed by atoms with Crippen LogP contribution in [-0.2, 0) is 17.9 Å². The van der Waals surface area contributed by atoms with Crippen LogP contribution in [0.2, 0.25) is 0 Å². The molecule has 1 unspecified atom stereocenters. The lowest BCUT2D eigenvalue weighted by Gasteiger charge is -2.40. The highest BCUT2D eigenvalue weighted by Gasteiger charge is 2.37. The third kappa shape index (κ3) is 3.23. The molecular formula is C21H24N4O4. The Morgan fingerprint density at radius 3 is 2.72 bits per heavy atom. The van der Waals surface area contributed by atoms with Crippen molar-refractivity contribution in [3.63, 3.8) is 0 Å². The largest absolute Gasteiger partial charge is 0.454 e. The lowest BCUT2D eigenvalue weighted by molar-refractivity contribution is -0.138. The summed E-state index contributed by atoms with van der Waals surface area (Å²) in [7, 11) is 1.72. The SMILES string of the molecule is CN1C(=O)c2cccn2CC1C(=O)N1CCN(Cc2ccc3c(c2)OCO3)CC1. The second-order valence-corrected chi connectivity index (χ2v) is 7.77. The number of aromatic nitrogens is 1. The fourth-order valence-corrected chi connectivity index (χ4v) is 4.28. The molecule has 0 radical (unpaired) electrons. The summed E-state index contributed by atoms with van der Waals surface area (Å²) in [6, 6.07) is 9.24. The molecule has 1 saturated heterocycles. The van der Waals surface area contributed by atoms with Gasteiger partial charge in [-0.05, 0) is 29.8 Å². The van der Waals surface area contributed by atoms with Gasteiger partial charge in [-0.25, -0.2) is 0 Å². The minimum atomic E-state index is -0.442. The smallest absolute Gasteiger partial charge is 0.270 e. The number of ether oxygens (including phenoxy) is 2. The van der Waals surface area contributed by atoms with Crippen LogP contribution in [0, 0.1) is 0 Å². The number of carbonyl (C=O) groups is 2. The Bertz CT molecular complexity index is 948. The molecule has 0 bridgehead atoms. The third-order valence-corrected chi connectivity index (χ3v) is 6.02. The predicted octanol–water partition coefficient (Wildman–Crippen LogP) is 1.02. The average molecular weight is 396 g/mol. The maximum atomic E-state index is 13.1. The molecule has 1 aromatic carbocycles. The monoisotopic (exact) mass is 396 g/mol. The van der Waals surface area contributed by atoms with Gasteiger partial charge in [-0.15, -0.1) is 0 Å². The van der Waals surface area contributed by atoms with E-state index in [-0.39, 0.29) is 18.6 Å². The zero-order chi connectivity index (χ0) is 20.0. The van der Waals surface area contributed by atoms with Gasteiger partial charge in [-0.3, -0.25) is 14.5 Å². The number of amides is 2. The van der Waals surface area contributed by atoms with E-state index in [9.17, 15) is 9.59 Å². The van der Waals surface area contributed by atoms with Crippen LogP contribution in [0.1, 0.15) is 16.1 Å². The number of benzene rings is 1. The summed E-state index contributed by atoms with van der Waals surface area (Å²) in [4.78, 5) is 31.4. The lowest BCUT2D eigenvalue weighted by atomic mass is 10.1. The molecule has 0 N–H and O–H groups in total. The maximum Gasteiger partial charge on any atom is 0.270 e. The van der Waals surface area contributed by atoms with Gasteiger partial charge in [0, 0.05) is 46.0 Å². The Labute approximate surface area is 169 Å². The highest BCUT2D eigenvalue weighted by Crippen LogP contribution is 2.32. The van der Waals surface area contributed by atoms with E-state index in [0.29, 0.717) is 25.3 Å². The Morgan fingerprint density at radius 2 is 1.90 bits per heavy atom. The number of piperazine rings is 1. The highest BCUT2D eigenvalue weighted by atomic mass is 16.7. The zero-order valence-electron chi connectivity index (χ0n) is 16.4. The van der Waals surface area contributed by atoms with Crippen molar-refractivity contribution in [2.75, 3.05) is 40.0 Å². The summed E-state index contributed by atoms with van der Waals surface area (Å²) in [5.41, 5.74) is 1.82. The van der Waals surface area contributed by atoms with E-state index in [2.05, 4.69) is 11.0 Å². The van der Waals surface area contributed by atoms with Gasteiger partial charge in [0.1, 0.15) is 11.7 Å². The molecule has 8 heteroatoms. The molecule has 8 nitrogen and oxygen atoms in total. The Morgan fingerprint density at radius 1 is 1.10 bits per heavy atom. The van der Waals surface area contributed by atoms with Crippen molar-refractivity contribution in [3.05, 3.63) is 47.8 Å². The van der Waals surface area contributed by atoms with E-state index in [1.165, 1.54) is 5.56 Å². The normalized spacial score (nSPS) is 21.4. The summed E-state index contributed by atoms with van der Waals surface area (Å²) in [5, 5.41) is 0. The van der Waals surface area contributed by atoms with Crippen LogP contribution < -0.4 is 9.47 Å².